The molecule has 0 atom stereocenters. The molecule has 2 rings (SSSR count). The van der Waals surface area contributed by atoms with E-state index in [1.54, 1.807) is 22.9 Å². The summed E-state index contributed by atoms with van der Waals surface area (Å²) in [6.07, 6.45) is 1.72. The lowest BCUT2D eigenvalue weighted by Crippen LogP contribution is -1.93. The Bertz CT molecular complexity index is 528. The molecule has 0 N–H and O–H groups in total. The molecule has 0 unspecified atom stereocenters. The molecule has 0 amide bonds. The van der Waals surface area contributed by atoms with Crippen molar-refractivity contribution in [2.45, 2.75) is 20.4 Å². The van der Waals surface area contributed by atoms with Crippen molar-refractivity contribution in [2.24, 2.45) is 0 Å². The number of halogens is 1. The Labute approximate surface area is 87.3 Å². The standard InChI is InChI=1S/C12H12FNO/c1-3-14-7-10(8(2)15)9-5-4-6-11(13)12(9)14/h4-7H,3H2,1-2H3. The van der Waals surface area contributed by atoms with Crippen molar-refractivity contribution in [3.05, 3.63) is 35.8 Å². The summed E-state index contributed by atoms with van der Waals surface area (Å²) in [5.41, 5.74) is 1.11. The van der Waals surface area contributed by atoms with Gasteiger partial charge in [0.1, 0.15) is 5.82 Å². The van der Waals surface area contributed by atoms with Crippen LogP contribution in [0.5, 0.6) is 0 Å². The largest absolute Gasteiger partial charge is 0.345 e. The van der Waals surface area contributed by atoms with Gasteiger partial charge >= 0.3 is 0 Å². The fourth-order valence-corrected chi connectivity index (χ4v) is 1.84. The van der Waals surface area contributed by atoms with Crippen LogP contribution in [0.1, 0.15) is 24.2 Å². The second-order valence-corrected chi connectivity index (χ2v) is 3.52. The minimum atomic E-state index is -0.276. The second-order valence-electron chi connectivity index (χ2n) is 3.52. The molecular formula is C12H12FNO. The Morgan fingerprint density at radius 1 is 1.47 bits per heavy atom. The van der Waals surface area contributed by atoms with E-state index < -0.39 is 0 Å². The van der Waals surface area contributed by atoms with Gasteiger partial charge in [-0.2, -0.15) is 0 Å². The highest BCUT2D eigenvalue weighted by Crippen LogP contribution is 2.24. The third-order valence-corrected chi connectivity index (χ3v) is 2.57. The lowest BCUT2D eigenvalue weighted by atomic mass is 10.1. The molecule has 2 aromatic rings. The van der Waals surface area contributed by atoms with Crippen LogP contribution in [0.3, 0.4) is 0 Å². The summed E-state index contributed by atoms with van der Waals surface area (Å²) in [4.78, 5) is 11.4. The van der Waals surface area contributed by atoms with E-state index in [9.17, 15) is 9.18 Å². The first-order chi connectivity index (χ1) is 7.15. The van der Waals surface area contributed by atoms with Gasteiger partial charge < -0.3 is 4.57 Å². The molecule has 2 nitrogen and oxygen atoms in total. The maximum absolute atomic E-state index is 13.6. The van der Waals surface area contributed by atoms with Gasteiger partial charge in [-0.05, 0) is 19.9 Å². The molecule has 0 bridgehead atoms. The Hall–Kier alpha value is -1.64. The summed E-state index contributed by atoms with van der Waals surface area (Å²) in [6.45, 7) is 4.08. The molecule has 0 aliphatic carbocycles. The quantitative estimate of drug-likeness (QED) is 0.691. The molecule has 0 saturated heterocycles. The van der Waals surface area contributed by atoms with E-state index in [1.165, 1.54) is 13.0 Å². The number of ketones is 1. The molecular weight excluding hydrogens is 193 g/mol. The number of fused-ring (bicyclic) bond motifs is 1. The SMILES string of the molecule is CCn1cc(C(C)=O)c2cccc(F)c21. The summed E-state index contributed by atoms with van der Waals surface area (Å²) >= 11 is 0. The van der Waals surface area contributed by atoms with Crippen molar-refractivity contribution in [3.63, 3.8) is 0 Å². The minimum Gasteiger partial charge on any atom is -0.345 e. The number of benzene rings is 1. The minimum absolute atomic E-state index is 0.0298. The lowest BCUT2D eigenvalue weighted by molar-refractivity contribution is 0.101. The second kappa shape index (κ2) is 3.50. The van der Waals surface area contributed by atoms with Crippen LogP contribution in [0, 0.1) is 5.82 Å². The van der Waals surface area contributed by atoms with E-state index in [-0.39, 0.29) is 11.6 Å². The summed E-state index contributed by atoms with van der Waals surface area (Å²) in [5, 5.41) is 0.698. The fraction of sp³-hybridized carbons (Fsp3) is 0.250. The third-order valence-electron chi connectivity index (χ3n) is 2.57. The Kier molecular flexibility index (Phi) is 2.31. The molecule has 3 heteroatoms. The van der Waals surface area contributed by atoms with Crippen LogP contribution < -0.4 is 0 Å². The molecule has 0 radical (unpaired) electrons. The van der Waals surface area contributed by atoms with E-state index in [0.717, 1.165) is 0 Å². The van der Waals surface area contributed by atoms with Crippen molar-refractivity contribution in [1.82, 2.24) is 4.57 Å². The van der Waals surface area contributed by atoms with Crippen molar-refractivity contribution in [1.29, 1.82) is 0 Å². The van der Waals surface area contributed by atoms with E-state index in [0.29, 0.717) is 23.0 Å². The first kappa shape index (κ1) is 9.90. The number of carbonyl (C=O) groups excluding carboxylic acids is 1. The van der Waals surface area contributed by atoms with Crippen molar-refractivity contribution < 1.29 is 9.18 Å². The Morgan fingerprint density at radius 2 is 2.20 bits per heavy atom. The van der Waals surface area contributed by atoms with E-state index in [4.69, 9.17) is 0 Å². The number of para-hydroxylation sites is 1. The van der Waals surface area contributed by atoms with Crippen LogP contribution in [0.25, 0.3) is 10.9 Å². The smallest absolute Gasteiger partial charge is 0.161 e. The third kappa shape index (κ3) is 1.44. The molecule has 1 aromatic carbocycles. The fourth-order valence-electron chi connectivity index (χ4n) is 1.84. The van der Waals surface area contributed by atoms with Crippen molar-refractivity contribution in [3.8, 4) is 0 Å². The van der Waals surface area contributed by atoms with E-state index in [2.05, 4.69) is 0 Å². The number of Topliss-reactive ketones (excluding diaryl/α,β-unsaturated/α-hetero) is 1. The first-order valence-corrected chi connectivity index (χ1v) is 4.93. The van der Waals surface area contributed by atoms with Gasteiger partial charge in [0.25, 0.3) is 0 Å². The predicted octanol–water partition coefficient (Wildman–Crippen LogP) is 3.00. The highest BCUT2D eigenvalue weighted by Gasteiger charge is 2.13. The zero-order valence-corrected chi connectivity index (χ0v) is 8.75. The van der Waals surface area contributed by atoms with Crippen molar-refractivity contribution in [2.75, 3.05) is 0 Å². The van der Waals surface area contributed by atoms with Gasteiger partial charge in [-0.3, -0.25) is 4.79 Å². The summed E-state index contributed by atoms with van der Waals surface area (Å²) in [7, 11) is 0. The van der Waals surface area contributed by atoms with Crippen molar-refractivity contribution >= 4 is 16.7 Å². The van der Waals surface area contributed by atoms with Gasteiger partial charge in [0.15, 0.2) is 5.78 Å². The molecule has 1 aromatic heterocycles. The molecule has 0 aliphatic rings. The predicted molar refractivity (Wildman–Crippen MR) is 57.6 cm³/mol. The lowest BCUT2D eigenvalue weighted by Gasteiger charge is -2.00. The van der Waals surface area contributed by atoms with Crippen LogP contribution in [0.4, 0.5) is 4.39 Å². The van der Waals surface area contributed by atoms with Crippen LogP contribution in [0.15, 0.2) is 24.4 Å². The monoisotopic (exact) mass is 205 g/mol. The Morgan fingerprint density at radius 3 is 2.80 bits per heavy atom. The number of aryl methyl sites for hydroxylation is 1. The zero-order chi connectivity index (χ0) is 11.0. The number of aromatic nitrogens is 1. The van der Waals surface area contributed by atoms with Crippen LogP contribution in [-0.2, 0) is 6.54 Å². The van der Waals surface area contributed by atoms with Gasteiger partial charge in [-0.15, -0.1) is 0 Å². The average molecular weight is 205 g/mol. The first-order valence-electron chi connectivity index (χ1n) is 4.93. The summed E-state index contributed by atoms with van der Waals surface area (Å²) in [5.74, 6) is -0.306. The topological polar surface area (TPSA) is 22.0 Å². The Balaban J connectivity index is 2.87. The van der Waals surface area contributed by atoms with Gasteiger partial charge in [-0.25, -0.2) is 4.39 Å². The van der Waals surface area contributed by atoms with E-state index >= 15 is 0 Å². The number of hydrogen-bond acceptors (Lipinski definition) is 1. The highest BCUT2D eigenvalue weighted by atomic mass is 19.1. The molecule has 0 saturated carbocycles. The maximum atomic E-state index is 13.6. The maximum Gasteiger partial charge on any atom is 0.161 e. The van der Waals surface area contributed by atoms with Crippen LogP contribution in [-0.4, -0.2) is 10.4 Å². The van der Waals surface area contributed by atoms with Gasteiger partial charge in [0.05, 0.1) is 5.52 Å². The normalized spacial score (nSPS) is 10.9. The van der Waals surface area contributed by atoms with Gasteiger partial charge in [0, 0.05) is 23.7 Å². The summed E-state index contributed by atoms with van der Waals surface area (Å²) < 4.78 is 15.3. The average Bonchev–Trinajstić information content (AvgIpc) is 2.58. The van der Waals surface area contributed by atoms with Gasteiger partial charge in [-0.1, -0.05) is 12.1 Å². The molecule has 15 heavy (non-hydrogen) atoms. The number of hydrogen-bond donors (Lipinski definition) is 0. The summed E-state index contributed by atoms with van der Waals surface area (Å²) in [6, 6.07) is 4.82. The number of nitrogens with zero attached hydrogens (tertiary/aromatic N) is 1. The molecule has 0 aliphatic heterocycles. The molecule has 0 spiro atoms. The van der Waals surface area contributed by atoms with Gasteiger partial charge in [0.2, 0.25) is 0 Å². The molecule has 78 valence electrons. The molecule has 0 fully saturated rings. The highest BCUT2D eigenvalue weighted by molar-refractivity contribution is 6.07. The number of rotatable bonds is 2. The van der Waals surface area contributed by atoms with E-state index in [1.807, 2.05) is 6.92 Å². The molecule has 1 heterocycles. The zero-order valence-electron chi connectivity index (χ0n) is 8.75. The van der Waals surface area contributed by atoms with Crippen LogP contribution in [0.2, 0.25) is 0 Å². The number of carbonyl (C=O) groups is 1. The van der Waals surface area contributed by atoms with Crippen LogP contribution >= 0.6 is 0 Å².